The third-order valence-corrected chi connectivity index (χ3v) is 8.69. The van der Waals surface area contributed by atoms with E-state index >= 15 is 0 Å². The molecule has 0 atom stereocenters. The highest BCUT2D eigenvalue weighted by molar-refractivity contribution is 8.01. The van der Waals surface area contributed by atoms with Gasteiger partial charge in [-0.2, -0.15) is 87.1 Å². The molecular weight excluding hydrogens is 606 g/mol. The minimum atomic E-state index is -9.14. The van der Waals surface area contributed by atoms with Crippen LogP contribution in [-0.2, 0) is 23.9 Å². The van der Waals surface area contributed by atoms with Crippen LogP contribution in [0.25, 0.3) is 0 Å². The van der Waals surface area contributed by atoms with E-state index in [4.69, 9.17) is 0 Å². The second-order valence-corrected chi connectivity index (χ2v) is 10.2. The summed E-state index contributed by atoms with van der Waals surface area (Å²) in [5.74, 6) is -63.8. The first kappa shape index (κ1) is 29.8. The molecule has 0 spiro atoms. The maximum Gasteiger partial charge on any atom is 0.383 e. The predicted octanol–water partition coefficient (Wildman–Crippen LogP) is 4.10. The van der Waals surface area contributed by atoms with Crippen molar-refractivity contribution in [3.05, 3.63) is 0 Å². The maximum absolute atomic E-state index is 14.2. The van der Waals surface area contributed by atoms with E-state index in [1.54, 1.807) is 3.63 Å². The van der Waals surface area contributed by atoms with E-state index in [2.05, 4.69) is 0 Å². The van der Waals surface area contributed by atoms with Gasteiger partial charge in [0.05, 0.1) is 0 Å². The van der Waals surface area contributed by atoms with Gasteiger partial charge in [0.2, 0.25) is 0 Å². The Bertz CT molecular complexity index is 1010. The normalized spacial score (nSPS) is 32.3. The first-order valence-corrected chi connectivity index (χ1v) is 10.1. The van der Waals surface area contributed by atoms with Crippen LogP contribution < -0.4 is 0 Å². The van der Waals surface area contributed by atoms with Crippen molar-refractivity contribution in [2.24, 2.45) is 0 Å². The van der Waals surface area contributed by atoms with E-state index in [9.17, 15) is 95.9 Å². The fourth-order valence-electron chi connectivity index (χ4n) is 2.83. The van der Waals surface area contributed by atoms with E-state index in [0.717, 1.165) is 0 Å². The van der Waals surface area contributed by atoms with Gasteiger partial charge in [-0.15, -0.1) is 3.63 Å². The molecule has 208 valence electrons. The molecule has 2 fully saturated rings. The molecule has 0 amide bonds. The molecule has 0 radical (unpaired) electrons. The first-order chi connectivity index (χ1) is 14.7. The lowest BCUT2D eigenvalue weighted by Gasteiger charge is -2.32. The molecule has 0 aliphatic heterocycles. The Hall–Kier alpha value is -1.40. The largest absolute Gasteiger partial charge is 0.383 e. The van der Waals surface area contributed by atoms with Crippen LogP contribution >= 0.6 is 0 Å². The summed E-state index contributed by atoms with van der Waals surface area (Å²) in [5, 5.41) is -16.3. The average molecular weight is 606 g/mol. The molecule has 0 N–H and O–H groups in total. The molecule has 0 aromatic heterocycles. The molecular formula is C10F18O5S2. The van der Waals surface area contributed by atoms with Gasteiger partial charge in [0.15, 0.2) is 0 Å². The highest BCUT2D eigenvalue weighted by Crippen LogP contribution is 2.73. The fourth-order valence-corrected chi connectivity index (χ4v) is 6.29. The first-order valence-electron chi connectivity index (χ1n) is 7.31. The molecule has 35 heavy (non-hydrogen) atoms. The van der Waals surface area contributed by atoms with E-state index in [1.165, 1.54) is 0 Å². The van der Waals surface area contributed by atoms with Crippen LogP contribution in [0.4, 0.5) is 79.0 Å². The summed E-state index contributed by atoms with van der Waals surface area (Å²) >= 11 is 0. The van der Waals surface area contributed by atoms with Crippen molar-refractivity contribution in [2.45, 2.75) is 57.4 Å². The van der Waals surface area contributed by atoms with Crippen LogP contribution in [0, 0.1) is 0 Å². The lowest BCUT2D eigenvalue weighted by molar-refractivity contribution is -0.303. The Labute approximate surface area is 178 Å². The number of hydrogen-bond donors (Lipinski definition) is 0. The van der Waals surface area contributed by atoms with Gasteiger partial charge in [-0.25, -0.2) is 8.78 Å². The summed E-state index contributed by atoms with van der Waals surface area (Å²) in [6.45, 7) is 0. The highest BCUT2D eigenvalue weighted by Gasteiger charge is 3.07. The Morgan fingerprint density at radius 3 is 0.600 bits per heavy atom. The molecule has 0 unspecified atom stereocenters. The van der Waals surface area contributed by atoms with Crippen LogP contribution in [0.3, 0.4) is 0 Å². The Morgan fingerprint density at radius 2 is 0.457 bits per heavy atom. The molecule has 2 saturated carbocycles. The lowest BCUT2D eigenvalue weighted by atomic mass is 10.2. The van der Waals surface area contributed by atoms with Gasteiger partial charge in [-0.3, -0.25) is 0 Å². The van der Waals surface area contributed by atoms with Gasteiger partial charge in [0, 0.05) is 0 Å². The summed E-state index contributed by atoms with van der Waals surface area (Å²) in [5.41, 5.74) is 0. The van der Waals surface area contributed by atoms with Crippen molar-refractivity contribution in [3.63, 3.8) is 0 Å². The molecule has 0 aromatic carbocycles. The minimum absolute atomic E-state index is 1.66. The summed E-state index contributed by atoms with van der Waals surface area (Å²) in [7, 11) is -18.3. The zero-order chi connectivity index (χ0) is 28.7. The number of hydrogen-bond acceptors (Lipinski definition) is 5. The average Bonchev–Trinajstić information content (AvgIpc) is 2.71. The van der Waals surface area contributed by atoms with Gasteiger partial charge in [0.25, 0.3) is 0 Å². The quantitative estimate of drug-likeness (QED) is 0.451. The monoisotopic (exact) mass is 606 g/mol. The maximum atomic E-state index is 14.2. The van der Waals surface area contributed by atoms with Gasteiger partial charge in [0.1, 0.15) is 0 Å². The van der Waals surface area contributed by atoms with Gasteiger partial charge in [-0.1, -0.05) is 0 Å². The molecule has 2 aliphatic carbocycles. The molecule has 25 heteroatoms. The summed E-state index contributed by atoms with van der Waals surface area (Å²) in [6, 6.07) is 0. The van der Waals surface area contributed by atoms with Gasteiger partial charge in [-0.05, 0) is 0 Å². The molecule has 2 rings (SSSR count). The predicted molar refractivity (Wildman–Crippen MR) is 66.2 cm³/mol. The van der Waals surface area contributed by atoms with Crippen molar-refractivity contribution in [3.8, 4) is 0 Å². The van der Waals surface area contributed by atoms with Crippen molar-refractivity contribution in [1.29, 1.82) is 0 Å². The summed E-state index contributed by atoms with van der Waals surface area (Å²) < 4.78 is 288. The van der Waals surface area contributed by atoms with Crippen molar-refractivity contribution in [2.75, 3.05) is 0 Å². The lowest BCUT2D eigenvalue weighted by Crippen LogP contribution is -2.64. The molecule has 0 aromatic rings. The van der Waals surface area contributed by atoms with Crippen LogP contribution in [0.5, 0.6) is 0 Å². The fraction of sp³-hybridized carbons (Fsp3) is 1.00. The van der Waals surface area contributed by atoms with E-state index in [-0.39, 0.29) is 0 Å². The third-order valence-electron chi connectivity index (χ3n) is 4.85. The van der Waals surface area contributed by atoms with Crippen molar-refractivity contribution in [1.82, 2.24) is 0 Å². The standard InChI is InChI=1S/C10F18O5S2/c11-1(12)2(13,14)6(21,22)9(27,5(1,19)20)34(29,30)33-35(31,32)10(28)7(23,24)3(15,16)4(17,18)8(10,25)26. The molecule has 0 heterocycles. The number of halogens is 18. The Kier molecular flexibility index (Phi) is 5.41. The smallest absolute Gasteiger partial charge is 0.209 e. The van der Waals surface area contributed by atoms with Crippen LogP contribution in [0.2, 0.25) is 0 Å². The topological polar surface area (TPSA) is 77.5 Å². The van der Waals surface area contributed by atoms with E-state index in [0.29, 0.717) is 0 Å². The molecule has 0 saturated heterocycles. The highest BCUT2D eigenvalue weighted by atomic mass is 32.3. The van der Waals surface area contributed by atoms with Crippen molar-refractivity contribution < 1.29 is 99.5 Å². The SMILES string of the molecule is O=S(=O)(OS(=O)(=O)C1(F)C(F)(F)C(F)(F)C(F)(F)C1(F)F)C1(F)C(F)(F)C(F)(F)C(F)(F)C1(F)F. The van der Waals surface area contributed by atoms with Crippen LogP contribution in [0.15, 0.2) is 0 Å². The van der Waals surface area contributed by atoms with E-state index < -0.39 is 77.6 Å². The number of alkyl halides is 18. The number of rotatable bonds is 4. The zero-order valence-electron chi connectivity index (χ0n) is 14.7. The molecule has 2 aliphatic rings. The summed E-state index contributed by atoms with van der Waals surface area (Å²) in [6.07, 6.45) is 0. The summed E-state index contributed by atoms with van der Waals surface area (Å²) in [4.78, 5) is 0. The second kappa shape index (κ2) is 6.35. The van der Waals surface area contributed by atoms with Gasteiger partial charge >= 0.3 is 77.6 Å². The van der Waals surface area contributed by atoms with Crippen LogP contribution in [-0.4, -0.2) is 74.2 Å². The zero-order valence-corrected chi connectivity index (χ0v) is 16.3. The van der Waals surface area contributed by atoms with Crippen LogP contribution in [0.1, 0.15) is 0 Å². The van der Waals surface area contributed by atoms with Gasteiger partial charge < -0.3 is 0 Å². The van der Waals surface area contributed by atoms with E-state index in [1.807, 2.05) is 0 Å². The molecule has 0 bridgehead atoms. The Morgan fingerprint density at radius 1 is 0.314 bits per heavy atom. The Balaban J connectivity index is 2.87. The minimum Gasteiger partial charge on any atom is -0.209 e. The molecule has 5 nitrogen and oxygen atoms in total. The van der Waals surface area contributed by atoms with Crippen molar-refractivity contribution >= 4 is 20.2 Å². The second-order valence-electron chi connectivity index (χ2n) is 6.76. The third kappa shape index (κ3) is 2.41.